The predicted octanol–water partition coefficient (Wildman–Crippen LogP) is 4.63. The maximum atomic E-state index is 12.3. The summed E-state index contributed by atoms with van der Waals surface area (Å²) in [6.07, 6.45) is -0.664. The molecule has 0 saturated heterocycles. The van der Waals surface area contributed by atoms with Crippen molar-refractivity contribution in [2.24, 2.45) is 0 Å². The summed E-state index contributed by atoms with van der Waals surface area (Å²) < 4.78 is 5.72. The first-order valence-electron chi connectivity index (χ1n) is 8.29. The molecule has 128 valence electrons. The van der Waals surface area contributed by atoms with Crippen LogP contribution in [0.5, 0.6) is 5.75 Å². The molecular formula is C22H18N2O2. The number of rotatable bonds is 5. The highest BCUT2D eigenvalue weighted by Crippen LogP contribution is 2.22. The van der Waals surface area contributed by atoms with Gasteiger partial charge in [0.05, 0.1) is 11.6 Å². The molecule has 3 aromatic rings. The van der Waals surface area contributed by atoms with Crippen LogP contribution in [0.25, 0.3) is 11.1 Å². The largest absolute Gasteiger partial charge is 0.481 e. The lowest BCUT2D eigenvalue weighted by molar-refractivity contribution is -0.122. The van der Waals surface area contributed by atoms with Gasteiger partial charge < -0.3 is 10.1 Å². The summed E-state index contributed by atoms with van der Waals surface area (Å²) in [6.45, 7) is 1.69. The van der Waals surface area contributed by atoms with Gasteiger partial charge in [0.15, 0.2) is 6.10 Å². The van der Waals surface area contributed by atoms with Crippen LogP contribution < -0.4 is 10.1 Å². The van der Waals surface area contributed by atoms with E-state index in [1.54, 1.807) is 31.2 Å². The van der Waals surface area contributed by atoms with Gasteiger partial charge in [0.2, 0.25) is 0 Å². The predicted molar refractivity (Wildman–Crippen MR) is 102 cm³/mol. The molecule has 0 aromatic heterocycles. The van der Waals surface area contributed by atoms with E-state index in [2.05, 4.69) is 5.32 Å². The maximum Gasteiger partial charge on any atom is 0.265 e. The molecule has 0 radical (unpaired) electrons. The molecule has 1 amide bonds. The number of ether oxygens (including phenoxy) is 1. The third-order valence-corrected chi connectivity index (χ3v) is 3.90. The van der Waals surface area contributed by atoms with Gasteiger partial charge in [0.25, 0.3) is 5.91 Å². The molecule has 1 N–H and O–H groups in total. The molecule has 0 bridgehead atoms. The van der Waals surface area contributed by atoms with Gasteiger partial charge in [-0.2, -0.15) is 5.26 Å². The highest BCUT2D eigenvalue weighted by atomic mass is 16.5. The molecular weight excluding hydrogens is 324 g/mol. The van der Waals surface area contributed by atoms with Crippen LogP contribution in [0.15, 0.2) is 78.9 Å². The van der Waals surface area contributed by atoms with Crippen molar-refractivity contribution < 1.29 is 9.53 Å². The molecule has 0 heterocycles. The molecule has 0 saturated carbocycles. The fraction of sp³-hybridized carbons (Fsp3) is 0.0909. The lowest BCUT2D eigenvalue weighted by atomic mass is 10.1. The molecule has 3 aromatic carbocycles. The van der Waals surface area contributed by atoms with Crippen molar-refractivity contribution >= 4 is 11.6 Å². The van der Waals surface area contributed by atoms with Crippen molar-refractivity contribution in [2.75, 3.05) is 5.32 Å². The number of nitrogens with zero attached hydrogens (tertiary/aromatic N) is 1. The van der Waals surface area contributed by atoms with E-state index in [4.69, 9.17) is 10.00 Å². The zero-order valence-electron chi connectivity index (χ0n) is 14.3. The highest BCUT2D eigenvalue weighted by Gasteiger charge is 2.15. The SMILES string of the molecule is C[C@@H](Oc1ccc(-c2ccccc2)cc1)C(=O)Nc1cccc(C#N)c1. The molecule has 3 rings (SSSR count). The molecule has 0 spiro atoms. The van der Waals surface area contributed by atoms with E-state index in [0.29, 0.717) is 17.0 Å². The summed E-state index contributed by atoms with van der Waals surface area (Å²) in [5.74, 6) is 0.352. The highest BCUT2D eigenvalue weighted by molar-refractivity contribution is 5.94. The van der Waals surface area contributed by atoms with Crippen LogP contribution in [0.1, 0.15) is 12.5 Å². The minimum atomic E-state index is -0.664. The minimum Gasteiger partial charge on any atom is -0.481 e. The van der Waals surface area contributed by atoms with Crippen LogP contribution >= 0.6 is 0 Å². The molecule has 4 nitrogen and oxygen atoms in total. The minimum absolute atomic E-state index is 0.271. The van der Waals surface area contributed by atoms with Gasteiger partial charge in [-0.3, -0.25) is 4.79 Å². The molecule has 0 unspecified atom stereocenters. The van der Waals surface area contributed by atoms with E-state index < -0.39 is 6.10 Å². The fourth-order valence-corrected chi connectivity index (χ4v) is 2.52. The number of anilines is 1. The van der Waals surface area contributed by atoms with E-state index in [0.717, 1.165) is 11.1 Å². The van der Waals surface area contributed by atoms with Gasteiger partial charge in [-0.15, -0.1) is 0 Å². The molecule has 1 atom stereocenters. The van der Waals surface area contributed by atoms with E-state index in [1.165, 1.54) is 0 Å². The van der Waals surface area contributed by atoms with Crippen LogP contribution in [-0.2, 0) is 4.79 Å². The quantitative estimate of drug-likeness (QED) is 0.735. The maximum absolute atomic E-state index is 12.3. The van der Waals surface area contributed by atoms with Gasteiger partial charge in [0.1, 0.15) is 5.75 Å². The Bertz CT molecular complexity index is 928. The van der Waals surface area contributed by atoms with Gasteiger partial charge in [0, 0.05) is 5.69 Å². The van der Waals surface area contributed by atoms with Crippen molar-refractivity contribution in [3.63, 3.8) is 0 Å². The molecule has 0 aliphatic rings. The summed E-state index contributed by atoms with van der Waals surface area (Å²) >= 11 is 0. The molecule has 4 heteroatoms. The monoisotopic (exact) mass is 342 g/mol. The zero-order valence-corrected chi connectivity index (χ0v) is 14.3. The fourth-order valence-electron chi connectivity index (χ4n) is 2.52. The normalized spacial score (nSPS) is 11.2. The smallest absolute Gasteiger partial charge is 0.265 e. The number of benzene rings is 3. The number of hydrogen-bond donors (Lipinski definition) is 1. The van der Waals surface area contributed by atoms with Gasteiger partial charge in [-0.05, 0) is 48.4 Å². The number of carbonyl (C=O) groups is 1. The Morgan fingerprint density at radius 1 is 0.962 bits per heavy atom. The van der Waals surface area contributed by atoms with Gasteiger partial charge in [-0.25, -0.2) is 0 Å². The Balaban J connectivity index is 1.63. The van der Waals surface area contributed by atoms with Crippen LogP contribution in [-0.4, -0.2) is 12.0 Å². The summed E-state index contributed by atoms with van der Waals surface area (Å²) in [6, 6.07) is 26.5. The van der Waals surface area contributed by atoms with Crippen LogP contribution in [0.3, 0.4) is 0 Å². The molecule has 0 aliphatic heterocycles. The van der Waals surface area contributed by atoms with Crippen molar-refractivity contribution in [1.29, 1.82) is 5.26 Å². The average Bonchev–Trinajstić information content (AvgIpc) is 2.69. The lowest BCUT2D eigenvalue weighted by Crippen LogP contribution is -2.30. The number of nitriles is 1. The van der Waals surface area contributed by atoms with E-state index >= 15 is 0 Å². The third kappa shape index (κ3) is 4.28. The Morgan fingerprint density at radius 3 is 2.35 bits per heavy atom. The second-order valence-electron chi connectivity index (χ2n) is 5.83. The first kappa shape index (κ1) is 17.2. The second kappa shape index (κ2) is 8.00. The van der Waals surface area contributed by atoms with E-state index in [-0.39, 0.29) is 5.91 Å². The standard InChI is InChI=1S/C22H18N2O2/c1-16(22(25)24-20-9-5-6-17(14-20)15-23)26-21-12-10-19(11-13-21)18-7-3-2-4-8-18/h2-14,16H,1H3,(H,24,25)/t16-/m1/s1. The van der Waals surface area contributed by atoms with E-state index in [9.17, 15) is 4.79 Å². The summed E-state index contributed by atoms with van der Waals surface area (Å²) in [4.78, 5) is 12.3. The zero-order chi connectivity index (χ0) is 18.4. The first-order chi connectivity index (χ1) is 12.7. The third-order valence-electron chi connectivity index (χ3n) is 3.90. The number of hydrogen-bond acceptors (Lipinski definition) is 3. The Labute approximate surface area is 152 Å². The van der Waals surface area contributed by atoms with Gasteiger partial charge in [-0.1, -0.05) is 48.5 Å². The number of carbonyl (C=O) groups excluding carboxylic acids is 1. The van der Waals surface area contributed by atoms with E-state index in [1.807, 2.05) is 60.7 Å². The first-order valence-corrected chi connectivity index (χ1v) is 8.29. The van der Waals surface area contributed by atoms with Crippen LogP contribution in [0.2, 0.25) is 0 Å². The summed E-state index contributed by atoms with van der Waals surface area (Å²) in [7, 11) is 0. The average molecular weight is 342 g/mol. The van der Waals surface area contributed by atoms with Crippen molar-refractivity contribution in [3.8, 4) is 22.9 Å². The van der Waals surface area contributed by atoms with Crippen LogP contribution in [0, 0.1) is 11.3 Å². The van der Waals surface area contributed by atoms with Crippen molar-refractivity contribution in [2.45, 2.75) is 13.0 Å². The topological polar surface area (TPSA) is 62.1 Å². The van der Waals surface area contributed by atoms with Crippen molar-refractivity contribution in [3.05, 3.63) is 84.4 Å². The molecule has 0 aliphatic carbocycles. The Hall–Kier alpha value is -3.58. The second-order valence-corrected chi connectivity index (χ2v) is 5.83. The van der Waals surface area contributed by atoms with Crippen molar-refractivity contribution in [1.82, 2.24) is 0 Å². The summed E-state index contributed by atoms with van der Waals surface area (Å²) in [5, 5.41) is 11.7. The lowest BCUT2D eigenvalue weighted by Gasteiger charge is -2.15. The number of amides is 1. The Morgan fingerprint density at radius 2 is 1.65 bits per heavy atom. The van der Waals surface area contributed by atoms with Crippen LogP contribution in [0.4, 0.5) is 5.69 Å². The number of nitrogens with one attached hydrogen (secondary N) is 1. The summed E-state index contributed by atoms with van der Waals surface area (Å²) in [5.41, 5.74) is 3.28. The molecule has 26 heavy (non-hydrogen) atoms. The Kier molecular flexibility index (Phi) is 5.31. The molecule has 0 fully saturated rings. The van der Waals surface area contributed by atoms with Gasteiger partial charge >= 0.3 is 0 Å².